The molecule has 1 aliphatic rings. The van der Waals surface area contributed by atoms with E-state index in [1.807, 2.05) is 0 Å². The molecule has 1 amide bonds. The van der Waals surface area contributed by atoms with Crippen molar-refractivity contribution in [2.24, 2.45) is 5.92 Å². The lowest BCUT2D eigenvalue weighted by atomic mass is 9.97. The monoisotopic (exact) mass is 383 g/mol. The molecule has 0 bridgehead atoms. The summed E-state index contributed by atoms with van der Waals surface area (Å²) >= 11 is 1.19. The molecule has 1 unspecified atom stereocenters. The van der Waals surface area contributed by atoms with Crippen LogP contribution in [-0.2, 0) is 10.0 Å². The lowest BCUT2D eigenvalue weighted by Crippen LogP contribution is -2.43. The molecule has 136 valence electrons. The van der Waals surface area contributed by atoms with E-state index in [4.69, 9.17) is 4.52 Å². The largest absolute Gasteiger partial charge is 0.361 e. The standard InChI is InChI=1S/C16H21N3O4S2/c1-11-15(12(2)23-18-11)16(20)19-7-3-5-13(10-19)9-17-25(21,22)14-6-4-8-24-14/h4,6,8,13,17H,3,5,7,9-10H2,1-2H3. The van der Waals surface area contributed by atoms with Gasteiger partial charge >= 0.3 is 0 Å². The van der Waals surface area contributed by atoms with Crippen LogP contribution in [-0.4, -0.2) is 44.0 Å². The maximum atomic E-state index is 12.7. The number of sulfonamides is 1. The van der Waals surface area contributed by atoms with Crippen LogP contribution in [0, 0.1) is 19.8 Å². The number of hydrogen-bond donors (Lipinski definition) is 1. The highest BCUT2D eigenvalue weighted by Crippen LogP contribution is 2.22. The van der Waals surface area contributed by atoms with Gasteiger partial charge in [-0.15, -0.1) is 11.3 Å². The highest BCUT2D eigenvalue weighted by molar-refractivity contribution is 7.91. The quantitative estimate of drug-likeness (QED) is 0.854. The van der Waals surface area contributed by atoms with Crippen LogP contribution in [0.2, 0.25) is 0 Å². The van der Waals surface area contributed by atoms with Gasteiger partial charge in [0.1, 0.15) is 15.5 Å². The summed E-state index contributed by atoms with van der Waals surface area (Å²) in [4.78, 5) is 14.5. The van der Waals surface area contributed by atoms with Crippen molar-refractivity contribution in [2.75, 3.05) is 19.6 Å². The maximum absolute atomic E-state index is 12.7. The van der Waals surface area contributed by atoms with Crippen molar-refractivity contribution >= 4 is 27.3 Å². The summed E-state index contributed by atoms with van der Waals surface area (Å²) in [6.45, 7) is 4.99. The molecule has 1 atom stereocenters. The predicted octanol–water partition coefficient (Wildman–Crippen LogP) is 2.18. The normalized spacial score (nSPS) is 18.5. The third-order valence-electron chi connectivity index (χ3n) is 4.38. The van der Waals surface area contributed by atoms with Gasteiger partial charge in [-0.3, -0.25) is 4.79 Å². The number of amides is 1. The van der Waals surface area contributed by atoms with Crippen LogP contribution in [0.1, 0.15) is 34.7 Å². The molecule has 2 aromatic heterocycles. The summed E-state index contributed by atoms with van der Waals surface area (Å²) in [5, 5.41) is 5.57. The molecule has 1 saturated heterocycles. The highest BCUT2D eigenvalue weighted by Gasteiger charge is 2.29. The van der Waals surface area contributed by atoms with Crippen LogP contribution in [0.25, 0.3) is 0 Å². The summed E-state index contributed by atoms with van der Waals surface area (Å²) in [5.74, 6) is 0.512. The number of carbonyl (C=O) groups is 1. The van der Waals surface area contributed by atoms with Gasteiger partial charge in [-0.2, -0.15) is 0 Å². The number of aryl methyl sites for hydroxylation is 2. The van der Waals surface area contributed by atoms with Gasteiger partial charge in [-0.1, -0.05) is 11.2 Å². The summed E-state index contributed by atoms with van der Waals surface area (Å²) in [6, 6.07) is 3.30. The Labute approximate surface area is 151 Å². The van der Waals surface area contributed by atoms with Crippen LogP contribution in [0.5, 0.6) is 0 Å². The zero-order valence-corrected chi connectivity index (χ0v) is 15.8. The third kappa shape index (κ3) is 3.94. The maximum Gasteiger partial charge on any atom is 0.259 e. The van der Waals surface area contributed by atoms with Crippen LogP contribution < -0.4 is 4.72 Å². The average molecular weight is 383 g/mol. The Balaban J connectivity index is 1.63. The van der Waals surface area contributed by atoms with Gasteiger partial charge < -0.3 is 9.42 Å². The van der Waals surface area contributed by atoms with Crippen molar-refractivity contribution in [3.05, 3.63) is 34.5 Å². The fourth-order valence-corrected chi connectivity index (χ4v) is 5.23. The topological polar surface area (TPSA) is 92.5 Å². The van der Waals surface area contributed by atoms with Gasteiger partial charge in [0.05, 0.1) is 5.69 Å². The SMILES string of the molecule is Cc1noc(C)c1C(=O)N1CCCC(CNS(=O)(=O)c2cccs2)C1. The van der Waals surface area contributed by atoms with E-state index >= 15 is 0 Å². The summed E-state index contributed by atoms with van der Waals surface area (Å²) in [6.07, 6.45) is 1.73. The number of nitrogens with one attached hydrogen (secondary N) is 1. The van der Waals surface area contributed by atoms with Crippen molar-refractivity contribution in [2.45, 2.75) is 30.9 Å². The smallest absolute Gasteiger partial charge is 0.259 e. The number of nitrogens with zero attached hydrogens (tertiary/aromatic N) is 2. The summed E-state index contributed by atoms with van der Waals surface area (Å²) in [5.41, 5.74) is 1.10. The van der Waals surface area contributed by atoms with Crippen molar-refractivity contribution in [3.63, 3.8) is 0 Å². The minimum absolute atomic E-state index is 0.0907. The first kappa shape index (κ1) is 18.1. The van der Waals surface area contributed by atoms with E-state index in [2.05, 4.69) is 9.88 Å². The second-order valence-electron chi connectivity index (χ2n) is 6.24. The molecule has 1 aliphatic heterocycles. The highest BCUT2D eigenvalue weighted by atomic mass is 32.2. The average Bonchev–Trinajstić information content (AvgIpc) is 3.24. The van der Waals surface area contributed by atoms with E-state index in [0.29, 0.717) is 40.9 Å². The molecule has 0 aromatic carbocycles. The van der Waals surface area contributed by atoms with E-state index in [0.717, 1.165) is 12.8 Å². The lowest BCUT2D eigenvalue weighted by Gasteiger charge is -2.32. The number of aromatic nitrogens is 1. The number of carbonyl (C=O) groups excluding carboxylic acids is 1. The van der Waals surface area contributed by atoms with E-state index < -0.39 is 10.0 Å². The van der Waals surface area contributed by atoms with E-state index in [1.165, 1.54) is 11.3 Å². The minimum Gasteiger partial charge on any atom is -0.361 e. The molecule has 0 spiro atoms. The van der Waals surface area contributed by atoms with Crippen molar-refractivity contribution < 1.29 is 17.7 Å². The molecule has 1 fully saturated rings. The predicted molar refractivity (Wildman–Crippen MR) is 94.1 cm³/mol. The Bertz CT molecular complexity index is 823. The number of piperidine rings is 1. The van der Waals surface area contributed by atoms with Crippen molar-refractivity contribution in [3.8, 4) is 0 Å². The van der Waals surface area contributed by atoms with Crippen LogP contribution >= 0.6 is 11.3 Å². The molecule has 1 N–H and O–H groups in total. The molecule has 7 nitrogen and oxygen atoms in total. The second kappa shape index (κ2) is 7.27. The van der Waals surface area contributed by atoms with E-state index in [1.54, 1.807) is 36.3 Å². The zero-order valence-electron chi connectivity index (χ0n) is 14.2. The molecule has 0 saturated carbocycles. The first-order valence-corrected chi connectivity index (χ1v) is 10.5. The van der Waals surface area contributed by atoms with Crippen LogP contribution in [0.4, 0.5) is 0 Å². The number of thiophene rings is 1. The molecule has 25 heavy (non-hydrogen) atoms. The molecule has 0 aliphatic carbocycles. The Hall–Kier alpha value is -1.71. The third-order valence-corrected chi connectivity index (χ3v) is 7.20. The van der Waals surface area contributed by atoms with E-state index in [-0.39, 0.29) is 11.8 Å². The first-order valence-electron chi connectivity index (χ1n) is 8.14. The van der Waals surface area contributed by atoms with Gasteiger partial charge in [0.25, 0.3) is 5.91 Å². The molecular formula is C16H21N3O4S2. The zero-order chi connectivity index (χ0) is 18.0. The molecule has 3 rings (SSSR count). The Morgan fingerprint density at radius 1 is 1.48 bits per heavy atom. The van der Waals surface area contributed by atoms with Gasteiger partial charge in [-0.25, -0.2) is 13.1 Å². The van der Waals surface area contributed by atoms with Gasteiger partial charge in [0, 0.05) is 19.6 Å². The molecule has 9 heteroatoms. The van der Waals surface area contributed by atoms with E-state index in [9.17, 15) is 13.2 Å². The summed E-state index contributed by atoms with van der Waals surface area (Å²) in [7, 11) is -3.47. The molecular weight excluding hydrogens is 362 g/mol. The number of hydrogen-bond acceptors (Lipinski definition) is 6. The Morgan fingerprint density at radius 3 is 2.92 bits per heavy atom. The Kier molecular flexibility index (Phi) is 5.26. The summed E-state index contributed by atoms with van der Waals surface area (Å²) < 4.78 is 32.5. The fourth-order valence-electron chi connectivity index (χ4n) is 3.08. The van der Waals surface area contributed by atoms with Crippen molar-refractivity contribution in [1.82, 2.24) is 14.8 Å². The second-order valence-corrected chi connectivity index (χ2v) is 9.18. The van der Waals surface area contributed by atoms with Gasteiger partial charge in [0.15, 0.2) is 0 Å². The Morgan fingerprint density at radius 2 is 2.28 bits per heavy atom. The number of rotatable bonds is 5. The van der Waals surface area contributed by atoms with Crippen molar-refractivity contribution in [1.29, 1.82) is 0 Å². The van der Waals surface area contributed by atoms with Gasteiger partial charge in [0.2, 0.25) is 10.0 Å². The van der Waals surface area contributed by atoms with Gasteiger partial charge in [-0.05, 0) is 44.1 Å². The lowest BCUT2D eigenvalue weighted by molar-refractivity contribution is 0.0674. The number of likely N-dealkylation sites (tertiary alicyclic amines) is 1. The fraction of sp³-hybridized carbons (Fsp3) is 0.500. The van der Waals surface area contributed by atoms with Crippen LogP contribution in [0.3, 0.4) is 0 Å². The molecule has 3 heterocycles. The first-order chi connectivity index (χ1) is 11.9. The van der Waals surface area contributed by atoms with Crippen LogP contribution in [0.15, 0.2) is 26.2 Å². The molecule has 0 radical (unpaired) electrons. The minimum atomic E-state index is -3.47. The molecule has 2 aromatic rings.